The van der Waals surface area contributed by atoms with E-state index in [1.165, 1.54) is 12.1 Å². The number of nitrogens with one attached hydrogen (secondary N) is 1. The molecule has 6 heteroatoms. The Kier molecular flexibility index (Phi) is 6.02. The van der Waals surface area contributed by atoms with Gasteiger partial charge in [-0.25, -0.2) is 4.39 Å². The summed E-state index contributed by atoms with van der Waals surface area (Å²) in [5.74, 6) is -0.113. The lowest BCUT2D eigenvalue weighted by Crippen LogP contribution is -2.77. The van der Waals surface area contributed by atoms with Gasteiger partial charge in [-0.1, -0.05) is 33.1 Å². The van der Waals surface area contributed by atoms with Gasteiger partial charge in [0.15, 0.2) is 6.10 Å². The minimum Gasteiger partial charge on any atom is -0.478 e. The van der Waals surface area contributed by atoms with Crippen molar-refractivity contribution in [1.82, 2.24) is 10.2 Å². The number of halogens is 1. The Morgan fingerprint density at radius 3 is 2.44 bits per heavy atom. The number of amides is 2. The van der Waals surface area contributed by atoms with Gasteiger partial charge in [-0.3, -0.25) is 9.59 Å². The zero-order valence-electron chi connectivity index (χ0n) is 16.2. The molecule has 1 aromatic carbocycles. The molecule has 2 amide bonds. The van der Waals surface area contributed by atoms with Crippen molar-refractivity contribution in [1.29, 1.82) is 0 Å². The molecular weight excluding hydrogens is 347 g/mol. The average Bonchev–Trinajstić information content (AvgIpc) is 2.70. The minimum atomic E-state index is -0.593. The molecule has 1 N–H and O–H groups in total. The maximum Gasteiger partial charge on any atom is 0.267 e. The summed E-state index contributed by atoms with van der Waals surface area (Å²) in [4.78, 5) is 27.0. The first-order valence-corrected chi connectivity index (χ1v) is 10.0. The normalized spacial score (nSPS) is 21.3. The smallest absolute Gasteiger partial charge is 0.267 e. The van der Waals surface area contributed by atoms with Crippen LogP contribution in [0.1, 0.15) is 58.8 Å². The Hall–Kier alpha value is -2.11. The zero-order valence-corrected chi connectivity index (χ0v) is 16.2. The summed E-state index contributed by atoms with van der Waals surface area (Å²) in [6.07, 6.45) is 5.99. The largest absolute Gasteiger partial charge is 0.478 e. The van der Waals surface area contributed by atoms with E-state index in [-0.39, 0.29) is 30.2 Å². The number of β-lactam (4-membered cyclic amide) rings is 1. The van der Waals surface area contributed by atoms with Crippen molar-refractivity contribution in [2.75, 3.05) is 6.54 Å². The van der Waals surface area contributed by atoms with E-state index in [2.05, 4.69) is 5.32 Å². The summed E-state index contributed by atoms with van der Waals surface area (Å²) in [6, 6.07) is 5.88. The average molecular weight is 376 g/mol. The summed E-state index contributed by atoms with van der Waals surface area (Å²) in [5, 5.41) is 3.01. The predicted octanol–water partition coefficient (Wildman–Crippen LogP) is 3.42. The fourth-order valence-electron chi connectivity index (χ4n) is 4.32. The first-order valence-electron chi connectivity index (χ1n) is 10.0. The number of nitrogens with zero attached hydrogens (tertiary/aromatic N) is 1. The van der Waals surface area contributed by atoms with Crippen LogP contribution in [0, 0.1) is 5.82 Å². The van der Waals surface area contributed by atoms with Crippen LogP contribution in [0.4, 0.5) is 4.39 Å². The van der Waals surface area contributed by atoms with Crippen LogP contribution < -0.4 is 10.1 Å². The molecule has 1 aliphatic carbocycles. The zero-order chi connectivity index (χ0) is 19.4. The van der Waals surface area contributed by atoms with Gasteiger partial charge in [0, 0.05) is 6.04 Å². The molecule has 1 unspecified atom stereocenters. The van der Waals surface area contributed by atoms with Crippen molar-refractivity contribution in [2.24, 2.45) is 0 Å². The van der Waals surface area contributed by atoms with Crippen molar-refractivity contribution >= 4 is 11.8 Å². The van der Waals surface area contributed by atoms with E-state index in [0.29, 0.717) is 5.75 Å². The van der Waals surface area contributed by atoms with E-state index in [1.54, 1.807) is 17.0 Å². The monoisotopic (exact) mass is 376 g/mol. The Labute approximate surface area is 160 Å². The van der Waals surface area contributed by atoms with E-state index >= 15 is 0 Å². The van der Waals surface area contributed by atoms with E-state index in [1.807, 2.05) is 13.8 Å². The molecular formula is C21H29FN2O3. The van der Waals surface area contributed by atoms with Crippen molar-refractivity contribution in [2.45, 2.75) is 76.5 Å². The van der Waals surface area contributed by atoms with E-state index in [4.69, 9.17) is 4.74 Å². The van der Waals surface area contributed by atoms with Gasteiger partial charge in [-0.05, 0) is 49.9 Å². The highest BCUT2D eigenvalue weighted by Gasteiger charge is 2.62. The molecule has 2 fully saturated rings. The van der Waals surface area contributed by atoms with Crippen LogP contribution in [0.25, 0.3) is 0 Å². The standard InChI is InChI=1S/C21H29FN2O3/c1-3-16(4-2)23-18(25)14-24-20(26)19(21(24)12-6-5-7-13-21)27-17-10-8-15(22)9-11-17/h8-11,16,19H,3-7,12-14H2,1-2H3,(H,23,25). The maximum absolute atomic E-state index is 13.1. The van der Waals surface area contributed by atoms with Crippen LogP contribution in [0.2, 0.25) is 0 Å². The molecule has 1 heterocycles. The summed E-state index contributed by atoms with van der Waals surface area (Å²) < 4.78 is 19.1. The molecule has 1 atom stereocenters. The van der Waals surface area contributed by atoms with Crippen LogP contribution in [0.5, 0.6) is 5.75 Å². The van der Waals surface area contributed by atoms with Crippen LogP contribution >= 0.6 is 0 Å². The van der Waals surface area contributed by atoms with Gasteiger partial charge in [0.05, 0.1) is 5.54 Å². The number of benzene rings is 1. The molecule has 0 aromatic heterocycles. The topological polar surface area (TPSA) is 58.6 Å². The van der Waals surface area contributed by atoms with Gasteiger partial charge in [-0.15, -0.1) is 0 Å². The number of likely N-dealkylation sites (tertiary alicyclic amines) is 1. The van der Waals surface area contributed by atoms with Crippen molar-refractivity contribution in [3.8, 4) is 5.75 Å². The van der Waals surface area contributed by atoms with Gasteiger partial charge >= 0.3 is 0 Å². The highest BCUT2D eigenvalue weighted by atomic mass is 19.1. The Balaban J connectivity index is 1.72. The number of ether oxygens (including phenoxy) is 1. The van der Waals surface area contributed by atoms with Gasteiger partial charge in [0.1, 0.15) is 18.1 Å². The Morgan fingerprint density at radius 2 is 1.85 bits per heavy atom. The lowest BCUT2D eigenvalue weighted by atomic mass is 9.70. The summed E-state index contributed by atoms with van der Waals surface area (Å²) in [5.41, 5.74) is -0.422. The number of hydrogen-bond acceptors (Lipinski definition) is 3. The quantitative estimate of drug-likeness (QED) is 0.742. The second kappa shape index (κ2) is 8.28. The molecule has 1 saturated carbocycles. The summed E-state index contributed by atoms with van der Waals surface area (Å²) >= 11 is 0. The first kappa shape index (κ1) is 19.6. The molecule has 1 saturated heterocycles. The molecule has 2 aliphatic rings. The van der Waals surface area contributed by atoms with Crippen molar-refractivity contribution in [3.63, 3.8) is 0 Å². The maximum atomic E-state index is 13.1. The van der Waals surface area contributed by atoms with Crippen LogP contribution in [-0.2, 0) is 9.59 Å². The van der Waals surface area contributed by atoms with E-state index < -0.39 is 11.6 Å². The second-order valence-electron chi connectivity index (χ2n) is 7.62. The predicted molar refractivity (Wildman–Crippen MR) is 101 cm³/mol. The highest BCUT2D eigenvalue weighted by Crippen LogP contribution is 2.45. The summed E-state index contributed by atoms with van der Waals surface area (Å²) in [7, 11) is 0. The molecule has 3 rings (SSSR count). The molecule has 0 bridgehead atoms. The number of rotatable bonds is 7. The van der Waals surface area contributed by atoms with Gasteiger partial charge in [0.25, 0.3) is 5.91 Å². The van der Waals surface area contributed by atoms with E-state index in [0.717, 1.165) is 44.9 Å². The van der Waals surface area contributed by atoms with Crippen LogP contribution in [0.3, 0.4) is 0 Å². The third-order valence-corrected chi connectivity index (χ3v) is 5.96. The molecule has 5 nitrogen and oxygen atoms in total. The first-order chi connectivity index (χ1) is 13.0. The fraction of sp³-hybridized carbons (Fsp3) is 0.619. The van der Waals surface area contributed by atoms with Crippen LogP contribution in [-0.4, -0.2) is 40.9 Å². The molecule has 0 radical (unpaired) electrons. The SMILES string of the molecule is CCC(CC)NC(=O)CN1C(=O)C(Oc2ccc(F)cc2)C12CCCCC2. The minimum absolute atomic E-state index is 0.0820. The molecule has 1 aromatic rings. The lowest BCUT2D eigenvalue weighted by molar-refractivity contribution is -0.187. The number of hydrogen-bond donors (Lipinski definition) is 1. The van der Waals surface area contributed by atoms with Gasteiger partial charge in [-0.2, -0.15) is 0 Å². The molecule has 148 valence electrons. The molecule has 27 heavy (non-hydrogen) atoms. The van der Waals surface area contributed by atoms with Gasteiger partial charge < -0.3 is 15.0 Å². The lowest BCUT2D eigenvalue weighted by Gasteiger charge is -2.58. The summed E-state index contributed by atoms with van der Waals surface area (Å²) in [6.45, 7) is 4.16. The van der Waals surface area contributed by atoms with Crippen molar-refractivity contribution < 1.29 is 18.7 Å². The Bertz CT molecular complexity index is 667. The molecule has 1 spiro atoms. The second-order valence-corrected chi connectivity index (χ2v) is 7.62. The Morgan fingerprint density at radius 1 is 1.22 bits per heavy atom. The third-order valence-electron chi connectivity index (χ3n) is 5.96. The number of carbonyl (C=O) groups excluding carboxylic acids is 2. The third kappa shape index (κ3) is 3.94. The van der Waals surface area contributed by atoms with Crippen LogP contribution in [0.15, 0.2) is 24.3 Å². The van der Waals surface area contributed by atoms with E-state index in [9.17, 15) is 14.0 Å². The highest BCUT2D eigenvalue weighted by molar-refractivity contribution is 5.94. The fourth-order valence-corrected chi connectivity index (χ4v) is 4.32. The van der Waals surface area contributed by atoms with Crippen molar-refractivity contribution in [3.05, 3.63) is 30.1 Å². The molecule has 1 aliphatic heterocycles. The van der Waals surface area contributed by atoms with Gasteiger partial charge in [0.2, 0.25) is 5.91 Å². The number of carbonyl (C=O) groups is 2.